The third kappa shape index (κ3) is 5.34. The summed E-state index contributed by atoms with van der Waals surface area (Å²) < 4.78 is 14.2. The Balaban J connectivity index is 2.48. The van der Waals surface area contributed by atoms with Crippen molar-refractivity contribution in [3.05, 3.63) is 22.6 Å². The van der Waals surface area contributed by atoms with Crippen molar-refractivity contribution in [3.8, 4) is 0 Å². The van der Waals surface area contributed by atoms with Crippen molar-refractivity contribution in [1.82, 2.24) is 4.98 Å². The lowest BCUT2D eigenvalue weighted by atomic mass is 9.87. The highest BCUT2D eigenvalue weighted by molar-refractivity contribution is 9.10. The molecule has 102 valence electrons. The first-order chi connectivity index (χ1) is 8.44. The highest BCUT2D eigenvalue weighted by Crippen LogP contribution is 2.25. The average molecular weight is 317 g/mol. The summed E-state index contributed by atoms with van der Waals surface area (Å²) in [6.07, 6.45) is 6.46. The molecule has 2 nitrogen and oxygen atoms in total. The van der Waals surface area contributed by atoms with Crippen LogP contribution in [0.4, 0.5) is 10.2 Å². The van der Waals surface area contributed by atoms with E-state index in [9.17, 15) is 4.39 Å². The summed E-state index contributed by atoms with van der Waals surface area (Å²) in [4.78, 5) is 4.04. The first-order valence-corrected chi connectivity index (χ1v) is 7.29. The third-order valence-electron chi connectivity index (χ3n) is 3.00. The van der Waals surface area contributed by atoms with Crippen LogP contribution in [0, 0.1) is 11.2 Å². The molecule has 1 rings (SSSR count). The first kappa shape index (κ1) is 15.4. The van der Waals surface area contributed by atoms with Crippen LogP contribution in [0.25, 0.3) is 0 Å². The van der Waals surface area contributed by atoms with Crippen molar-refractivity contribution in [2.45, 2.75) is 46.5 Å². The molecule has 0 fully saturated rings. The molecular weight excluding hydrogens is 295 g/mol. The number of pyridine rings is 1. The Morgan fingerprint density at radius 1 is 1.39 bits per heavy atom. The smallest absolute Gasteiger partial charge is 0.166 e. The van der Waals surface area contributed by atoms with Gasteiger partial charge in [-0.25, -0.2) is 9.37 Å². The number of aromatic nitrogens is 1. The Morgan fingerprint density at radius 2 is 2.11 bits per heavy atom. The van der Waals surface area contributed by atoms with Gasteiger partial charge >= 0.3 is 0 Å². The van der Waals surface area contributed by atoms with E-state index in [1.54, 1.807) is 6.20 Å². The summed E-state index contributed by atoms with van der Waals surface area (Å²) >= 11 is 3.20. The van der Waals surface area contributed by atoms with Crippen LogP contribution in [0.3, 0.4) is 0 Å². The van der Waals surface area contributed by atoms with Crippen molar-refractivity contribution in [1.29, 1.82) is 0 Å². The van der Waals surface area contributed by atoms with Gasteiger partial charge in [-0.05, 0) is 33.8 Å². The Bertz CT molecular complexity index is 380. The van der Waals surface area contributed by atoms with Gasteiger partial charge in [0.2, 0.25) is 0 Å². The van der Waals surface area contributed by atoms with Crippen LogP contribution < -0.4 is 5.32 Å². The fourth-order valence-electron chi connectivity index (χ4n) is 1.81. The standard InChI is InChI=1S/C14H22BrFN2/c1-4-5-6-7-14(2,3)10-18-13-12(16)8-11(15)9-17-13/h8-9H,4-7,10H2,1-3H3,(H,17,18). The molecule has 0 amide bonds. The normalized spacial score (nSPS) is 11.6. The molecule has 1 heterocycles. The van der Waals surface area contributed by atoms with E-state index < -0.39 is 0 Å². The van der Waals surface area contributed by atoms with Crippen molar-refractivity contribution in [2.75, 3.05) is 11.9 Å². The molecule has 4 heteroatoms. The Labute approximate surface area is 118 Å². The van der Waals surface area contributed by atoms with E-state index in [4.69, 9.17) is 0 Å². The second-order valence-electron chi connectivity index (χ2n) is 5.46. The van der Waals surface area contributed by atoms with Crippen molar-refractivity contribution >= 4 is 21.7 Å². The molecule has 0 saturated carbocycles. The van der Waals surface area contributed by atoms with Crippen LogP contribution in [0.15, 0.2) is 16.7 Å². The molecule has 1 aromatic heterocycles. The van der Waals surface area contributed by atoms with Crippen molar-refractivity contribution in [2.24, 2.45) is 5.41 Å². The minimum Gasteiger partial charge on any atom is -0.367 e. The van der Waals surface area contributed by atoms with Gasteiger partial charge in [0, 0.05) is 17.2 Å². The summed E-state index contributed by atoms with van der Waals surface area (Å²) in [5.74, 6) is 0.0236. The monoisotopic (exact) mass is 316 g/mol. The Hall–Kier alpha value is -0.640. The summed E-state index contributed by atoms with van der Waals surface area (Å²) in [5.41, 5.74) is 0.163. The predicted octanol–water partition coefficient (Wildman–Crippen LogP) is 5.00. The summed E-state index contributed by atoms with van der Waals surface area (Å²) in [6, 6.07) is 1.43. The molecule has 0 atom stereocenters. The van der Waals surface area contributed by atoms with E-state index in [1.807, 2.05) is 0 Å². The maximum Gasteiger partial charge on any atom is 0.166 e. The molecule has 0 aliphatic heterocycles. The zero-order valence-corrected chi connectivity index (χ0v) is 13.0. The summed E-state index contributed by atoms with van der Waals surface area (Å²) in [7, 11) is 0. The Kier molecular flexibility index (Phi) is 6.06. The first-order valence-electron chi connectivity index (χ1n) is 6.49. The lowest BCUT2D eigenvalue weighted by Crippen LogP contribution is -2.23. The highest BCUT2D eigenvalue weighted by Gasteiger charge is 2.18. The van der Waals surface area contributed by atoms with Gasteiger partial charge in [-0.2, -0.15) is 0 Å². The van der Waals surface area contributed by atoms with Gasteiger partial charge in [-0.3, -0.25) is 0 Å². The molecule has 0 unspecified atom stereocenters. The van der Waals surface area contributed by atoms with Crippen molar-refractivity contribution < 1.29 is 4.39 Å². The molecule has 0 spiro atoms. The topological polar surface area (TPSA) is 24.9 Å². The summed E-state index contributed by atoms with van der Waals surface area (Å²) in [6.45, 7) is 7.34. The third-order valence-corrected chi connectivity index (χ3v) is 3.43. The van der Waals surface area contributed by atoms with Gasteiger partial charge in [-0.15, -0.1) is 0 Å². The van der Waals surface area contributed by atoms with E-state index >= 15 is 0 Å². The number of hydrogen-bond acceptors (Lipinski definition) is 2. The predicted molar refractivity (Wildman–Crippen MR) is 78.3 cm³/mol. The van der Waals surface area contributed by atoms with Crippen LogP contribution in [-0.2, 0) is 0 Å². The zero-order valence-electron chi connectivity index (χ0n) is 11.4. The molecule has 0 radical (unpaired) electrons. The molecule has 0 aromatic carbocycles. The van der Waals surface area contributed by atoms with Gasteiger partial charge in [0.25, 0.3) is 0 Å². The van der Waals surface area contributed by atoms with Gasteiger partial charge in [0.15, 0.2) is 11.6 Å². The largest absolute Gasteiger partial charge is 0.367 e. The van der Waals surface area contributed by atoms with E-state index in [1.165, 1.54) is 25.3 Å². The number of halogens is 2. The van der Waals surface area contributed by atoms with Crippen LogP contribution in [-0.4, -0.2) is 11.5 Å². The maximum absolute atomic E-state index is 13.6. The average Bonchev–Trinajstić information content (AvgIpc) is 2.28. The molecular formula is C14H22BrFN2. The molecule has 0 saturated heterocycles. The molecule has 0 bridgehead atoms. The lowest BCUT2D eigenvalue weighted by molar-refractivity contribution is 0.341. The number of hydrogen-bond donors (Lipinski definition) is 1. The second kappa shape index (κ2) is 7.07. The fraction of sp³-hybridized carbons (Fsp3) is 0.643. The maximum atomic E-state index is 13.6. The van der Waals surface area contributed by atoms with E-state index in [2.05, 4.69) is 47.0 Å². The van der Waals surface area contributed by atoms with Crippen LogP contribution in [0.5, 0.6) is 0 Å². The fourth-order valence-corrected chi connectivity index (χ4v) is 2.11. The molecule has 1 N–H and O–H groups in total. The number of anilines is 1. The van der Waals surface area contributed by atoms with Crippen LogP contribution >= 0.6 is 15.9 Å². The van der Waals surface area contributed by atoms with Crippen LogP contribution in [0.2, 0.25) is 0 Å². The quantitative estimate of drug-likeness (QED) is 0.716. The minimum atomic E-state index is -0.311. The minimum absolute atomic E-state index is 0.163. The second-order valence-corrected chi connectivity index (χ2v) is 6.37. The van der Waals surface area contributed by atoms with Crippen LogP contribution in [0.1, 0.15) is 46.5 Å². The molecule has 1 aromatic rings. The number of nitrogens with one attached hydrogen (secondary N) is 1. The Morgan fingerprint density at radius 3 is 2.72 bits per heavy atom. The highest BCUT2D eigenvalue weighted by atomic mass is 79.9. The van der Waals surface area contributed by atoms with E-state index in [0.29, 0.717) is 10.3 Å². The molecule has 0 aliphatic rings. The zero-order chi connectivity index (χ0) is 13.6. The summed E-state index contributed by atoms with van der Waals surface area (Å²) in [5, 5.41) is 3.10. The van der Waals surface area contributed by atoms with Gasteiger partial charge < -0.3 is 5.32 Å². The SMILES string of the molecule is CCCCCC(C)(C)CNc1ncc(Br)cc1F. The lowest BCUT2D eigenvalue weighted by Gasteiger charge is -2.25. The molecule has 18 heavy (non-hydrogen) atoms. The number of unbranched alkanes of at least 4 members (excludes halogenated alkanes) is 2. The van der Waals surface area contributed by atoms with E-state index in [0.717, 1.165) is 13.0 Å². The van der Waals surface area contributed by atoms with E-state index in [-0.39, 0.29) is 11.2 Å². The van der Waals surface area contributed by atoms with Crippen molar-refractivity contribution in [3.63, 3.8) is 0 Å². The van der Waals surface area contributed by atoms with Gasteiger partial charge in [-0.1, -0.05) is 40.0 Å². The molecule has 0 aliphatic carbocycles. The number of rotatable bonds is 7. The number of nitrogens with zero attached hydrogens (tertiary/aromatic N) is 1. The van der Waals surface area contributed by atoms with Gasteiger partial charge in [0.1, 0.15) is 0 Å². The van der Waals surface area contributed by atoms with Gasteiger partial charge in [0.05, 0.1) is 0 Å².